The van der Waals surface area contributed by atoms with E-state index in [0.29, 0.717) is 11.4 Å². The van der Waals surface area contributed by atoms with E-state index in [1.165, 1.54) is 14.0 Å². The fraction of sp³-hybridized carbons (Fsp3) is 0.364. The van der Waals surface area contributed by atoms with Gasteiger partial charge in [-0.25, -0.2) is 8.42 Å². The summed E-state index contributed by atoms with van der Waals surface area (Å²) in [5.41, 5.74) is 1.19. The Hall–Kier alpha value is -1.74. The number of nitrogens with one attached hydrogen (secondary N) is 1. The molecule has 1 aromatic carbocycles. The van der Waals surface area contributed by atoms with Crippen LogP contribution < -0.4 is 9.46 Å². The molecule has 0 aliphatic heterocycles. The first-order valence-corrected chi connectivity index (χ1v) is 6.51. The van der Waals surface area contributed by atoms with Crippen LogP contribution in [0, 0.1) is 18.3 Å². The summed E-state index contributed by atoms with van der Waals surface area (Å²) in [5, 5.41) is 7.52. The van der Waals surface area contributed by atoms with E-state index in [-0.39, 0.29) is 0 Å². The van der Waals surface area contributed by atoms with Gasteiger partial charge in [-0.1, -0.05) is 0 Å². The van der Waals surface area contributed by atoms with Gasteiger partial charge in [0.1, 0.15) is 5.75 Å². The molecule has 0 radical (unpaired) electrons. The zero-order valence-electron chi connectivity index (χ0n) is 9.89. The van der Waals surface area contributed by atoms with Crippen molar-refractivity contribution in [1.29, 1.82) is 5.26 Å². The van der Waals surface area contributed by atoms with Crippen LogP contribution >= 0.6 is 0 Å². The lowest BCUT2D eigenvalue weighted by molar-refractivity contribution is 0.414. The number of methoxy groups -OCH3 is 1. The van der Waals surface area contributed by atoms with Gasteiger partial charge < -0.3 is 4.74 Å². The average molecular weight is 254 g/mol. The zero-order chi connectivity index (χ0) is 13.1. The molecule has 1 aromatic rings. The van der Waals surface area contributed by atoms with E-state index in [0.717, 1.165) is 5.56 Å². The normalized spacial score (nSPS) is 12.6. The van der Waals surface area contributed by atoms with Crippen LogP contribution in [0.5, 0.6) is 5.75 Å². The largest absolute Gasteiger partial charge is 0.497 e. The topological polar surface area (TPSA) is 79.2 Å². The minimum atomic E-state index is -3.66. The molecule has 1 rings (SSSR count). The standard InChI is InChI=1S/C11H14N2O3S/c1-8-6-10(16-3)4-5-11(8)13-17(14,15)9(2)7-12/h4-6,9,13H,1-3H3. The Morgan fingerprint density at radius 1 is 1.47 bits per heavy atom. The molecule has 0 spiro atoms. The van der Waals surface area contributed by atoms with Crippen molar-refractivity contribution in [1.82, 2.24) is 0 Å². The average Bonchev–Trinajstić information content (AvgIpc) is 2.30. The number of nitrogens with zero attached hydrogens (tertiary/aromatic N) is 1. The number of rotatable bonds is 4. The van der Waals surface area contributed by atoms with E-state index in [2.05, 4.69) is 4.72 Å². The number of benzene rings is 1. The lowest BCUT2D eigenvalue weighted by atomic mass is 10.2. The Balaban J connectivity index is 3.02. The van der Waals surface area contributed by atoms with Crippen LogP contribution in [0.15, 0.2) is 18.2 Å². The Kier molecular flexibility index (Phi) is 3.97. The summed E-state index contributed by atoms with van der Waals surface area (Å²) < 4.78 is 30.7. The van der Waals surface area contributed by atoms with Crippen molar-refractivity contribution in [3.05, 3.63) is 23.8 Å². The highest BCUT2D eigenvalue weighted by molar-refractivity contribution is 7.93. The van der Waals surface area contributed by atoms with Crippen LogP contribution in [0.2, 0.25) is 0 Å². The first kappa shape index (κ1) is 13.3. The quantitative estimate of drug-likeness (QED) is 0.886. The minimum Gasteiger partial charge on any atom is -0.497 e. The Bertz CT molecular complexity index is 546. The van der Waals surface area contributed by atoms with Crippen LogP contribution in [0.4, 0.5) is 5.69 Å². The van der Waals surface area contributed by atoms with E-state index >= 15 is 0 Å². The van der Waals surface area contributed by atoms with Gasteiger partial charge in [0.25, 0.3) is 0 Å². The monoisotopic (exact) mass is 254 g/mol. The van der Waals surface area contributed by atoms with E-state index in [1.54, 1.807) is 31.2 Å². The molecule has 0 heterocycles. The van der Waals surface area contributed by atoms with Crippen molar-refractivity contribution < 1.29 is 13.2 Å². The molecule has 0 saturated carbocycles. The van der Waals surface area contributed by atoms with E-state index in [9.17, 15) is 8.42 Å². The minimum absolute atomic E-state index is 0.452. The van der Waals surface area contributed by atoms with Crippen LogP contribution in [0.25, 0.3) is 0 Å². The van der Waals surface area contributed by atoms with Gasteiger partial charge in [-0.05, 0) is 37.6 Å². The number of aryl methyl sites for hydroxylation is 1. The van der Waals surface area contributed by atoms with E-state index < -0.39 is 15.3 Å². The van der Waals surface area contributed by atoms with Gasteiger partial charge in [-0.15, -0.1) is 0 Å². The Morgan fingerprint density at radius 3 is 2.59 bits per heavy atom. The van der Waals surface area contributed by atoms with Crippen molar-refractivity contribution >= 4 is 15.7 Å². The number of ether oxygens (including phenoxy) is 1. The SMILES string of the molecule is COc1ccc(NS(=O)(=O)C(C)C#N)c(C)c1. The highest BCUT2D eigenvalue weighted by atomic mass is 32.2. The summed E-state index contributed by atoms with van der Waals surface area (Å²) in [6, 6.07) is 6.67. The molecule has 17 heavy (non-hydrogen) atoms. The highest BCUT2D eigenvalue weighted by Crippen LogP contribution is 2.22. The van der Waals surface area contributed by atoms with Gasteiger partial charge in [0.15, 0.2) is 5.25 Å². The van der Waals surface area contributed by atoms with Crippen LogP contribution in [0.1, 0.15) is 12.5 Å². The first-order valence-electron chi connectivity index (χ1n) is 4.96. The molecule has 1 N–H and O–H groups in total. The highest BCUT2D eigenvalue weighted by Gasteiger charge is 2.20. The molecular formula is C11H14N2O3S. The van der Waals surface area contributed by atoms with Crippen molar-refractivity contribution in [3.8, 4) is 11.8 Å². The molecule has 0 aliphatic carbocycles. The van der Waals surface area contributed by atoms with Crippen molar-refractivity contribution in [2.75, 3.05) is 11.8 Å². The third-order valence-corrected chi connectivity index (χ3v) is 3.87. The molecule has 5 nitrogen and oxygen atoms in total. The molecule has 92 valence electrons. The number of hydrogen-bond donors (Lipinski definition) is 1. The van der Waals surface area contributed by atoms with Gasteiger partial charge in [0.05, 0.1) is 18.9 Å². The number of anilines is 1. The number of hydrogen-bond acceptors (Lipinski definition) is 4. The fourth-order valence-electron chi connectivity index (χ4n) is 1.19. The lowest BCUT2D eigenvalue weighted by Gasteiger charge is -2.12. The summed E-state index contributed by atoms with van der Waals surface area (Å²) in [7, 11) is -2.12. The second kappa shape index (κ2) is 5.06. The third-order valence-electron chi connectivity index (χ3n) is 2.33. The molecule has 1 atom stereocenters. The summed E-state index contributed by atoms with van der Waals surface area (Å²) >= 11 is 0. The van der Waals surface area contributed by atoms with Crippen LogP contribution in [-0.2, 0) is 10.0 Å². The number of nitriles is 1. The maximum Gasteiger partial charge on any atom is 0.248 e. The van der Waals surface area contributed by atoms with Crippen molar-refractivity contribution in [3.63, 3.8) is 0 Å². The van der Waals surface area contributed by atoms with E-state index in [1.807, 2.05) is 0 Å². The third kappa shape index (κ3) is 3.11. The maximum absolute atomic E-state index is 11.7. The maximum atomic E-state index is 11.7. The van der Waals surface area contributed by atoms with Crippen LogP contribution in [-0.4, -0.2) is 20.8 Å². The molecule has 0 amide bonds. The fourth-order valence-corrected chi connectivity index (χ4v) is 2.04. The van der Waals surface area contributed by atoms with Gasteiger partial charge in [0.2, 0.25) is 10.0 Å². The van der Waals surface area contributed by atoms with Gasteiger partial charge in [-0.3, -0.25) is 4.72 Å². The first-order chi connectivity index (χ1) is 7.90. The van der Waals surface area contributed by atoms with Gasteiger partial charge in [0, 0.05) is 0 Å². The predicted molar refractivity (Wildman–Crippen MR) is 65.3 cm³/mol. The second-order valence-corrected chi connectivity index (χ2v) is 5.60. The number of sulfonamides is 1. The molecule has 0 fully saturated rings. The van der Waals surface area contributed by atoms with Crippen molar-refractivity contribution in [2.24, 2.45) is 0 Å². The lowest BCUT2D eigenvalue weighted by Crippen LogP contribution is -2.24. The van der Waals surface area contributed by atoms with Crippen molar-refractivity contribution in [2.45, 2.75) is 19.1 Å². The van der Waals surface area contributed by atoms with Crippen LogP contribution in [0.3, 0.4) is 0 Å². The Labute approximate surface area is 101 Å². The molecule has 0 bridgehead atoms. The summed E-state index contributed by atoms with van der Waals surface area (Å²) in [4.78, 5) is 0. The van der Waals surface area contributed by atoms with Gasteiger partial charge >= 0.3 is 0 Å². The zero-order valence-corrected chi connectivity index (χ0v) is 10.7. The summed E-state index contributed by atoms with van der Waals surface area (Å²) in [5.74, 6) is 0.652. The van der Waals surface area contributed by atoms with E-state index in [4.69, 9.17) is 10.00 Å². The second-order valence-electron chi connectivity index (χ2n) is 3.60. The summed E-state index contributed by atoms with van der Waals surface area (Å²) in [6.45, 7) is 3.10. The molecule has 0 aromatic heterocycles. The molecule has 0 aliphatic rings. The van der Waals surface area contributed by atoms with Gasteiger partial charge in [-0.2, -0.15) is 5.26 Å². The Morgan fingerprint density at radius 2 is 2.12 bits per heavy atom. The molecule has 1 unspecified atom stereocenters. The molecular weight excluding hydrogens is 240 g/mol. The smallest absolute Gasteiger partial charge is 0.248 e. The summed E-state index contributed by atoms with van der Waals surface area (Å²) in [6.07, 6.45) is 0. The molecule has 0 saturated heterocycles. The predicted octanol–water partition coefficient (Wildman–Crippen LogP) is 1.66. The molecule has 6 heteroatoms.